The van der Waals surface area contributed by atoms with Crippen molar-refractivity contribution < 1.29 is 9.47 Å². The van der Waals surface area contributed by atoms with Crippen molar-refractivity contribution in [1.82, 2.24) is 5.32 Å². The molecule has 6 heteroatoms. The lowest BCUT2D eigenvalue weighted by molar-refractivity contribution is 0.354. The van der Waals surface area contributed by atoms with Gasteiger partial charge in [-0.1, -0.05) is 50.2 Å². The quantitative estimate of drug-likeness (QED) is 0.310. The predicted octanol–water partition coefficient (Wildman–Crippen LogP) is 4.21. The van der Waals surface area contributed by atoms with Crippen LogP contribution in [0, 0.1) is 5.92 Å². The molecule has 2 aromatic rings. The Labute approximate surface area is 185 Å². The Bertz CT molecular complexity index is 736. The Morgan fingerprint density at radius 3 is 2.32 bits per heavy atom. The Morgan fingerprint density at radius 1 is 1.04 bits per heavy atom. The average Bonchev–Trinajstić information content (AvgIpc) is 2.68. The van der Waals surface area contributed by atoms with Crippen LogP contribution in [0.2, 0.25) is 0 Å². The lowest BCUT2D eigenvalue weighted by Gasteiger charge is -2.19. The highest BCUT2D eigenvalue weighted by atomic mass is 127. The minimum Gasteiger partial charge on any atom is -0.493 e. The molecule has 154 valence electrons. The molecule has 0 aliphatic heterocycles. The summed E-state index contributed by atoms with van der Waals surface area (Å²) in [6, 6.07) is 16.4. The molecule has 0 aromatic heterocycles. The first-order valence-corrected chi connectivity index (χ1v) is 9.34. The van der Waals surface area contributed by atoms with Crippen molar-refractivity contribution in [2.75, 3.05) is 27.3 Å². The summed E-state index contributed by atoms with van der Waals surface area (Å²) in [7, 11) is 3.28. The van der Waals surface area contributed by atoms with Gasteiger partial charge in [-0.25, -0.2) is 0 Å². The number of hydrogen-bond donors (Lipinski definition) is 2. The van der Waals surface area contributed by atoms with Crippen molar-refractivity contribution >= 4 is 29.9 Å². The maximum absolute atomic E-state index is 6.06. The maximum Gasteiger partial charge on any atom is 0.188 e. The van der Waals surface area contributed by atoms with Crippen LogP contribution < -0.4 is 20.5 Å². The topological polar surface area (TPSA) is 68.9 Å². The van der Waals surface area contributed by atoms with Crippen LogP contribution in [0.3, 0.4) is 0 Å². The average molecular weight is 497 g/mol. The van der Waals surface area contributed by atoms with Crippen molar-refractivity contribution in [3.05, 3.63) is 59.7 Å². The summed E-state index contributed by atoms with van der Waals surface area (Å²) < 4.78 is 10.6. The van der Waals surface area contributed by atoms with Gasteiger partial charge in [0.1, 0.15) is 0 Å². The van der Waals surface area contributed by atoms with Gasteiger partial charge < -0.3 is 20.5 Å². The molecule has 0 amide bonds. The minimum absolute atomic E-state index is 0. The second-order valence-electron chi connectivity index (χ2n) is 6.85. The van der Waals surface area contributed by atoms with Gasteiger partial charge in [0.15, 0.2) is 17.5 Å². The Hall–Kier alpha value is -1.96. The van der Waals surface area contributed by atoms with Gasteiger partial charge in [0.25, 0.3) is 0 Å². The number of methoxy groups -OCH3 is 2. The van der Waals surface area contributed by atoms with Crippen LogP contribution in [-0.2, 0) is 6.42 Å². The number of ether oxygens (including phenoxy) is 2. The van der Waals surface area contributed by atoms with E-state index in [1.54, 1.807) is 14.2 Å². The van der Waals surface area contributed by atoms with Gasteiger partial charge in [0.05, 0.1) is 14.2 Å². The van der Waals surface area contributed by atoms with E-state index in [1.165, 1.54) is 5.56 Å². The fourth-order valence-corrected chi connectivity index (χ4v) is 3.03. The number of halogens is 1. The molecular weight excluding hydrogens is 465 g/mol. The molecule has 0 bridgehead atoms. The predicted molar refractivity (Wildman–Crippen MR) is 127 cm³/mol. The number of nitrogens with zero attached hydrogens (tertiary/aromatic N) is 1. The highest BCUT2D eigenvalue weighted by Gasteiger charge is 2.15. The first-order chi connectivity index (χ1) is 13.0. The fourth-order valence-electron chi connectivity index (χ4n) is 3.03. The summed E-state index contributed by atoms with van der Waals surface area (Å²) in [5, 5.41) is 3.20. The van der Waals surface area contributed by atoms with Crippen LogP contribution in [0.1, 0.15) is 30.9 Å². The summed E-state index contributed by atoms with van der Waals surface area (Å²) in [5.41, 5.74) is 8.51. The molecule has 5 nitrogen and oxygen atoms in total. The number of hydrogen-bond acceptors (Lipinski definition) is 3. The summed E-state index contributed by atoms with van der Waals surface area (Å²) in [6.45, 7) is 5.82. The Balaban J connectivity index is 0.00000392. The van der Waals surface area contributed by atoms with Gasteiger partial charge >= 0.3 is 0 Å². The monoisotopic (exact) mass is 497 g/mol. The van der Waals surface area contributed by atoms with E-state index in [0.717, 1.165) is 23.5 Å². The lowest BCUT2D eigenvalue weighted by atomic mass is 9.88. The van der Waals surface area contributed by atoms with Gasteiger partial charge in [-0.15, -0.1) is 24.0 Å². The van der Waals surface area contributed by atoms with Gasteiger partial charge in [0, 0.05) is 19.0 Å². The standard InChI is InChI=1S/C22H31N3O2.HI/c1-16(2)19(18-8-6-5-7-9-18)15-25-22(23)24-13-12-17-10-11-20(26-3)21(14-17)27-4;/h5-11,14,16,19H,12-13,15H2,1-4H3,(H3,23,24,25);1H. The first-order valence-electron chi connectivity index (χ1n) is 9.34. The zero-order valence-corrected chi connectivity index (χ0v) is 19.5. The minimum atomic E-state index is 0. The molecule has 28 heavy (non-hydrogen) atoms. The molecule has 0 fully saturated rings. The van der Waals surface area contributed by atoms with Crippen molar-refractivity contribution in [2.24, 2.45) is 16.6 Å². The van der Waals surface area contributed by atoms with E-state index in [-0.39, 0.29) is 24.0 Å². The number of nitrogens with one attached hydrogen (secondary N) is 1. The number of guanidine groups is 1. The highest BCUT2D eigenvalue weighted by molar-refractivity contribution is 14.0. The second-order valence-corrected chi connectivity index (χ2v) is 6.85. The second kappa shape index (κ2) is 12.5. The Kier molecular flexibility index (Phi) is 10.7. The van der Waals surface area contributed by atoms with E-state index in [1.807, 2.05) is 24.3 Å². The molecule has 0 aliphatic carbocycles. The lowest BCUT2D eigenvalue weighted by Crippen LogP contribution is -2.33. The summed E-state index contributed by atoms with van der Waals surface area (Å²) in [4.78, 5) is 4.55. The van der Waals surface area contributed by atoms with Gasteiger partial charge in [-0.3, -0.25) is 4.99 Å². The van der Waals surface area contributed by atoms with Crippen LogP contribution in [0.4, 0.5) is 0 Å². The number of rotatable bonds is 9. The zero-order valence-electron chi connectivity index (χ0n) is 17.1. The van der Waals surface area contributed by atoms with Gasteiger partial charge in [0.2, 0.25) is 0 Å². The smallest absolute Gasteiger partial charge is 0.188 e. The molecule has 0 spiro atoms. The van der Waals surface area contributed by atoms with E-state index < -0.39 is 0 Å². The number of nitrogens with two attached hydrogens (primary N) is 1. The van der Waals surface area contributed by atoms with E-state index >= 15 is 0 Å². The molecule has 3 N–H and O–H groups in total. The molecule has 2 aromatic carbocycles. The van der Waals surface area contributed by atoms with Crippen LogP contribution in [0.5, 0.6) is 11.5 Å². The highest BCUT2D eigenvalue weighted by Crippen LogP contribution is 2.27. The summed E-state index contributed by atoms with van der Waals surface area (Å²) in [5.74, 6) is 2.81. The van der Waals surface area contributed by atoms with Crippen LogP contribution in [0.25, 0.3) is 0 Å². The normalized spacial score (nSPS) is 12.2. The molecular formula is C22H32IN3O2. The van der Waals surface area contributed by atoms with Crippen molar-refractivity contribution in [1.29, 1.82) is 0 Å². The maximum atomic E-state index is 6.06. The van der Waals surface area contributed by atoms with Gasteiger partial charge in [-0.2, -0.15) is 0 Å². The van der Waals surface area contributed by atoms with Crippen LogP contribution in [0.15, 0.2) is 53.5 Å². The van der Waals surface area contributed by atoms with E-state index in [2.05, 4.69) is 48.4 Å². The van der Waals surface area contributed by atoms with Gasteiger partial charge in [-0.05, 0) is 35.6 Å². The van der Waals surface area contributed by atoms with Crippen LogP contribution >= 0.6 is 24.0 Å². The first kappa shape index (κ1) is 24.1. The molecule has 0 radical (unpaired) electrons. The van der Waals surface area contributed by atoms with E-state index in [0.29, 0.717) is 30.9 Å². The molecule has 1 atom stereocenters. The molecule has 1 unspecified atom stereocenters. The molecule has 2 rings (SSSR count). The molecule has 0 aliphatic rings. The van der Waals surface area contributed by atoms with Crippen molar-refractivity contribution in [3.63, 3.8) is 0 Å². The largest absolute Gasteiger partial charge is 0.493 e. The fraction of sp³-hybridized carbons (Fsp3) is 0.409. The molecule has 0 saturated heterocycles. The third kappa shape index (κ3) is 7.22. The van der Waals surface area contributed by atoms with Crippen molar-refractivity contribution in [3.8, 4) is 11.5 Å². The zero-order chi connectivity index (χ0) is 19.6. The third-order valence-corrected chi connectivity index (χ3v) is 4.66. The molecule has 0 saturated carbocycles. The summed E-state index contributed by atoms with van der Waals surface area (Å²) >= 11 is 0. The van der Waals surface area contributed by atoms with E-state index in [9.17, 15) is 0 Å². The van der Waals surface area contributed by atoms with Crippen LogP contribution in [-0.4, -0.2) is 33.3 Å². The Morgan fingerprint density at radius 2 is 1.71 bits per heavy atom. The SMILES string of the molecule is COc1ccc(CCNC(N)=NCC(c2ccccc2)C(C)C)cc1OC.I. The summed E-state index contributed by atoms with van der Waals surface area (Å²) in [6.07, 6.45) is 0.822. The number of benzene rings is 2. The third-order valence-electron chi connectivity index (χ3n) is 4.66. The van der Waals surface area contributed by atoms with Crippen molar-refractivity contribution in [2.45, 2.75) is 26.2 Å². The number of aliphatic imine (C=N–C) groups is 1. The molecule has 0 heterocycles. The van der Waals surface area contributed by atoms with E-state index in [4.69, 9.17) is 15.2 Å².